The molecule has 23 heavy (non-hydrogen) atoms. The fourth-order valence-corrected chi connectivity index (χ4v) is 3.62. The van der Waals surface area contributed by atoms with E-state index in [0.29, 0.717) is 12.1 Å². The minimum atomic E-state index is -0.461. The van der Waals surface area contributed by atoms with Crippen molar-refractivity contribution in [3.8, 4) is 0 Å². The highest BCUT2D eigenvalue weighted by Gasteiger charge is 2.53. The van der Waals surface area contributed by atoms with E-state index in [0.717, 1.165) is 26.2 Å². The van der Waals surface area contributed by atoms with Crippen molar-refractivity contribution < 1.29 is 13.9 Å². The van der Waals surface area contributed by atoms with E-state index in [2.05, 4.69) is 25.8 Å². The van der Waals surface area contributed by atoms with Gasteiger partial charge in [-0.05, 0) is 42.8 Å². The van der Waals surface area contributed by atoms with E-state index in [4.69, 9.17) is 4.74 Å². The van der Waals surface area contributed by atoms with Crippen LogP contribution in [0.5, 0.6) is 0 Å². The summed E-state index contributed by atoms with van der Waals surface area (Å²) in [4.78, 5) is 19.8. The molecule has 1 spiro atoms. The predicted molar refractivity (Wildman–Crippen MR) is 87.4 cm³/mol. The lowest BCUT2D eigenvalue weighted by Crippen LogP contribution is -2.72. The van der Waals surface area contributed by atoms with E-state index in [-0.39, 0.29) is 21.9 Å². The van der Waals surface area contributed by atoms with E-state index in [1.165, 1.54) is 0 Å². The van der Waals surface area contributed by atoms with Crippen molar-refractivity contribution >= 4 is 22.0 Å². The van der Waals surface area contributed by atoms with Crippen LogP contribution in [0.2, 0.25) is 0 Å². The Kier molecular flexibility index (Phi) is 4.13. The molecule has 0 saturated carbocycles. The summed E-state index contributed by atoms with van der Waals surface area (Å²) in [7, 11) is 0. The molecule has 0 aromatic carbocycles. The molecule has 2 aliphatic heterocycles. The third-order valence-electron chi connectivity index (χ3n) is 4.14. The lowest BCUT2D eigenvalue weighted by Gasteiger charge is -2.60. The van der Waals surface area contributed by atoms with Crippen LogP contribution in [-0.2, 0) is 11.3 Å². The minimum absolute atomic E-state index is 0.164. The van der Waals surface area contributed by atoms with Crippen LogP contribution in [0.1, 0.15) is 26.3 Å². The first kappa shape index (κ1) is 16.6. The second-order valence-corrected chi connectivity index (χ2v) is 8.31. The van der Waals surface area contributed by atoms with Crippen molar-refractivity contribution in [3.63, 3.8) is 0 Å². The molecule has 0 aliphatic carbocycles. The highest BCUT2D eigenvalue weighted by Crippen LogP contribution is 2.41. The molecule has 0 N–H and O–H groups in total. The Morgan fingerprint density at radius 3 is 2.65 bits per heavy atom. The molecule has 2 fully saturated rings. The van der Waals surface area contributed by atoms with Crippen LogP contribution >= 0.6 is 15.9 Å². The van der Waals surface area contributed by atoms with Gasteiger partial charge < -0.3 is 9.64 Å². The first-order chi connectivity index (χ1) is 10.7. The van der Waals surface area contributed by atoms with Crippen molar-refractivity contribution in [2.75, 3.05) is 26.2 Å². The quantitative estimate of drug-likeness (QED) is 0.734. The van der Waals surface area contributed by atoms with Crippen LogP contribution in [0, 0.1) is 11.2 Å². The summed E-state index contributed by atoms with van der Waals surface area (Å²) in [5.41, 5.74) is 0.347. The van der Waals surface area contributed by atoms with Crippen LogP contribution < -0.4 is 0 Å². The Balaban J connectivity index is 1.47. The maximum atomic E-state index is 13.9. The smallest absolute Gasteiger partial charge is 0.410 e. The summed E-state index contributed by atoms with van der Waals surface area (Å²) >= 11 is 3.11. The van der Waals surface area contributed by atoms with E-state index in [1.54, 1.807) is 17.2 Å². The molecular formula is C16H21BrFN3O2. The summed E-state index contributed by atoms with van der Waals surface area (Å²) < 4.78 is 19.6. The molecule has 3 heterocycles. The van der Waals surface area contributed by atoms with Crippen molar-refractivity contribution in [2.24, 2.45) is 5.41 Å². The molecular weight excluding hydrogens is 365 g/mol. The molecule has 0 radical (unpaired) electrons. The molecule has 0 bridgehead atoms. The Morgan fingerprint density at radius 1 is 1.39 bits per heavy atom. The first-order valence-electron chi connectivity index (χ1n) is 7.67. The number of nitrogens with zero attached hydrogens (tertiary/aromatic N) is 3. The number of hydrogen-bond acceptors (Lipinski definition) is 4. The fraction of sp³-hybridized carbons (Fsp3) is 0.625. The fourth-order valence-electron chi connectivity index (χ4n) is 3.25. The summed E-state index contributed by atoms with van der Waals surface area (Å²) in [5, 5.41) is 0. The standard InChI is InChI=1S/C16H21BrFN3O2/c1-15(2,3)23-14(22)21-9-16(10-21)7-20(8-16)6-11-4-5-19-13(17)12(11)18/h4-5H,6-10H2,1-3H3. The minimum Gasteiger partial charge on any atom is -0.444 e. The third-order valence-corrected chi connectivity index (χ3v) is 4.70. The number of likely N-dealkylation sites (tertiary alicyclic amines) is 2. The average molecular weight is 386 g/mol. The van der Waals surface area contributed by atoms with Crippen molar-refractivity contribution in [3.05, 3.63) is 28.2 Å². The van der Waals surface area contributed by atoms with Gasteiger partial charge in [0.15, 0.2) is 5.82 Å². The normalized spacial score (nSPS) is 20.1. The highest BCUT2D eigenvalue weighted by molar-refractivity contribution is 9.10. The van der Waals surface area contributed by atoms with Crippen LogP contribution in [0.4, 0.5) is 9.18 Å². The van der Waals surface area contributed by atoms with Gasteiger partial charge in [-0.2, -0.15) is 0 Å². The van der Waals surface area contributed by atoms with Gasteiger partial charge in [-0.15, -0.1) is 0 Å². The molecule has 1 aromatic heterocycles. The number of ether oxygens (including phenoxy) is 1. The molecule has 5 nitrogen and oxygen atoms in total. The zero-order valence-corrected chi connectivity index (χ0v) is 15.2. The number of carbonyl (C=O) groups is 1. The number of hydrogen-bond donors (Lipinski definition) is 0. The van der Waals surface area contributed by atoms with E-state index >= 15 is 0 Å². The van der Waals surface area contributed by atoms with Crippen molar-refractivity contribution in [2.45, 2.75) is 32.9 Å². The number of aromatic nitrogens is 1. The van der Waals surface area contributed by atoms with Gasteiger partial charge in [-0.25, -0.2) is 14.2 Å². The van der Waals surface area contributed by atoms with Crippen LogP contribution in [0.25, 0.3) is 0 Å². The molecule has 0 unspecified atom stereocenters. The van der Waals surface area contributed by atoms with E-state index in [9.17, 15) is 9.18 Å². The zero-order chi connectivity index (χ0) is 16.8. The number of rotatable bonds is 2. The number of halogens is 2. The van der Waals surface area contributed by atoms with Gasteiger partial charge in [0.2, 0.25) is 0 Å². The predicted octanol–water partition coefficient (Wildman–Crippen LogP) is 3.04. The molecule has 2 saturated heterocycles. The second kappa shape index (κ2) is 5.70. The Labute approximate surface area is 143 Å². The Morgan fingerprint density at radius 2 is 2.04 bits per heavy atom. The summed E-state index contributed by atoms with van der Waals surface area (Å²) in [6.07, 6.45) is 1.36. The molecule has 1 amide bonds. The first-order valence-corrected chi connectivity index (χ1v) is 8.46. The van der Waals surface area contributed by atoms with Crippen molar-refractivity contribution in [1.82, 2.24) is 14.8 Å². The van der Waals surface area contributed by atoms with E-state index in [1.807, 2.05) is 20.8 Å². The molecule has 126 valence electrons. The number of amides is 1. The van der Waals surface area contributed by atoms with Crippen molar-refractivity contribution in [1.29, 1.82) is 0 Å². The maximum Gasteiger partial charge on any atom is 0.410 e. The molecule has 0 atom stereocenters. The van der Waals surface area contributed by atoms with E-state index < -0.39 is 5.60 Å². The van der Waals surface area contributed by atoms with Gasteiger partial charge in [-0.3, -0.25) is 4.90 Å². The van der Waals surface area contributed by atoms with Gasteiger partial charge in [0.25, 0.3) is 0 Å². The van der Waals surface area contributed by atoms with Gasteiger partial charge in [0.05, 0.1) is 0 Å². The molecule has 3 rings (SSSR count). The number of carbonyl (C=O) groups excluding carboxylic acids is 1. The molecule has 7 heteroatoms. The SMILES string of the molecule is CC(C)(C)OC(=O)N1CC2(CN(Cc3ccnc(Br)c3F)C2)C1. The molecule has 2 aliphatic rings. The average Bonchev–Trinajstić information content (AvgIpc) is 2.33. The van der Waals surface area contributed by atoms with Crippen LogP contribution in [0.15, 0.2) is 16.9 Å². The Bertz CT molecular complexity index is 618. The molecule has 1 aromatic rings. The topological polar surface area (TPSA) is 45.7 Å². The van der Waals surface area contributed by atoms with Gasteiger partial charge in [-0.1, -0.05) is 0 Å². The highest BCUT2D eigenvalue weighted by atomic mass is 79.9. The monoisotopic (exact) mass is 385 g/mol. The Hall–Kier alpha value is -1.21. The largest absolute Gasteiger partial charge is 0.444 e. The van der Waals surface area contributed by atoms with Crippen LogP contribution in [0.3, 0.4) is 0 Å². The third kappa shape index (κ3) is 3.50. The van der Waals surface area contributed by atoms with Gasteiger partial charge >= 0.3 is 6.09 Å². The summed E-state index contributed by atoms with van der Waals surface area (Å²) in [6.45, 7) is 9.38. The maximum absolute atomic E-state index is 13.9. The second-order valence-electron chi connectivity index (χ2n) is 7.56. The van der Waals surface area contributed by atoms with Crippen LogP contribution in [-0.4, -0.2) is 52.7 Å². The zero-order valence-electron chi connectivity index (χ0n) is 13.6. The summed E-state index contributed by atoms with van der Waals surface area (Å²) in [5.74, 6) is -0.294. The van der Waals surface area contributed by atoms with Gasteiger partial charge in [0.1, 0.15) is 10.2 Å². The lowest BCUT2D eigenvalue weighted by atomic mass is 9.73. The van der Waals surface area contributed by atoms with Gasteiger partial charge in [0, 0.05) is 49.9 Å². The lowest BCUT2D eigenvalue weighted by molar-refractivity contribution is -0.115. The summed E-state index contributed by atoms with van der Waals surface area (Å²) in [6, 6.07) is 1.71. The number of pyridine rings is 1.